The molecule has 0 atom stereocenters. The lowest BCUT2D eigenvalue weighted by atomic mass is 10.2. The van der Waals surface area contributed by atoms with Crippen molar-refractivity contribution in [2.24, 2.45) is 0 Å². The average molecular weight is 264 g/mol. The first-order chi connectivity index (χ1) is 9.78. The number of fused-ring (bicyclic) bond motifs is 1. The predicted octanol–water partition coefficient (Wildman–Crippen LogP) is 3.72. The molecule has 1 heterocycles. The minimum atomic E-state index is 0.737. The Hall–Kier alpha value is -2.62. The molecule has 0 aliphatic rings. The molecule has 0 saturated carbocycles. The molecule has 4 nitrogen and oxygen atoms in total. The summed E-state index contributed by atoms with van der Waals surface area (Å²) in [4.78, 5) is 9.23. The zero-order valence-corrected chi connectivity index (χ0v) is 11.5. The number of nitrogens with zero attached hydrogens (tertiary/aromatic N) is 2. The van der Waals surface area contributed by atoms with Gasteiger partial charge in [0.1, 0.15) is 0 Å². The summed E-state index contributed by atoms with van der Waals surface area (Å²) in [6, 6.07) is 16.0. The quantitative estimate of drug-likeness (QED) is 0.757. The lowest BCUT2D eigenvalue weighted by Gasteiger charge is -2.12. The largest absolute Gasteiger partial charge is 0.370 e. The zero-order chi connectivity index (χ0) is 13.9. The molecule has 1 aromatic heterocycles. The minimum Gasteiger partial charge on any atom is -0.370 e. The molecule has 3 aromatic rings. The van der Waals surface area contributed by atoms with Crippen molar-refractivity contribution in [2.45, 2.75) is 6.92 Å². The van der Waals surface area contributed by atoms with Crippen LogP contribution in [0.4, 0.5) is 17.3 Å². The summed E-state index contributed by atoms with van der Waals surface area (Å²) >= 11 is 0. The maximum absolute atomic E-state index is 4.65. The van der Waals surface area contributed by atoms with E-state index in [2.05, 4.69) is 33.6 Å². The molecule has 20 heavy (non-hydrogen) atoms. The van der Waals surface area contributed by atoms with Gasteiger partial charge in [-0.25, -0.2) is 9.97 Å². The first kappa shape index (κ1) is 12.4. The van der Waals surface area contributed by atoms with Gasteiger partial charge in [0.15, 0.2) is 11.6 Å². The van der Waals surface area contributed by atoms with Gasteiger partial charge in [-0.05, 0) is 30.7 Å². The molecular formula is C16H16N4. The number of anilines is 3. The van der Waals surface area contributed by atoms with Crippen LogP contribution in [0.5, 0.6) is 0 Å². The van der Waals surface area contributed by atoms with E-state index in [0.717, 1.165) is 28.4 Å². The highest BCUT2D eigenvalue weighted by Gasteiger charge is 2.08. The van der Waals surface area contributed by atoms with Gasteiger partial charge < -0.3 is 10.6 Å². The number of benzene rings is 2. The number of nitrogens with one attached hydrogen (secondary N) is 2. The summed E-state index contributed by atoms with van der Waals surface area (Å²) in [5, 5.41) is 6.44. The molecule has 0 radical (unpaired) electrons. The predicted molar refractivity (Wildman–Crippen MR) is 83.5 cm³/mol. The maximum Gasteiger partial charge on any atom is 0.174 e. The van der Waals surface area contributed by atoms with Gasteiger partial charge in [-0.3, -0.25) is 0 Å². The Morgan fingerprint density at radius 3 is 2.05 bits per heavy atom. The zero-order valence-electron chi connectivity index (χ0n) is 11.5. The Bertz CT molecular complexity index is 752. The van der Waals surface area contributed by atoms with E-state index in [1.54, 1.807) is 0 Å². The van der Waals surface area contributed by atoms with Crippen molar-refractivity contribution in [2.75, 3.05) is 17.7 Å². The van der Waals surface area contributed by atoms with E-state index < -0.39 is 0 Å². The van der Waals surface area contributed by atoms with Gasteiger partial charge in [-0.2, -0.15) is 0 Å². The molecule has 0 unspecified atom stereocenters. The number of para-hydroxylation sites is 3. The third-order valence-corrected chi connectivity index (χ3v) is 3.21. The minimum absolute atomic E-state index is 0.737. The van der Waals surface area contributed by atoms with Crippen LogP contribution >= 0.6 is 0 Å². The van der Waals surface area contributed by atoms with Crippen LogP contribution in [-0.2, 0) is 0 Å². The molecule has 0 spiro atoms. The monoisotopic (exact) mass is 264 g/mol. The second-order valence-electron chi connectivity index (χ2n) is 4.60. The summed E-state index contributed by atoms with van der Waals surface area (Å²) in [6.45, 7) is 2.07. The highest BCUT2D eigenvalue weighted by molar-refractivity contribution is 5.81. The maximum atomic E-state index is 4.65. The van der Waals surface area contributed by atoms with E-state index in [0.29, 0.717) is 0 Å². The summed E-state index contributed by atoms with van der Waals surface area (Å²) in [6.07, 6.45) is 0. The molecule has 4 heteroatoms. The SMILES string of the molecule is CNc1nc2ccccc2nc1Nc1ccccc1C. The van der Waals surface area contributed by atoms with Gasteiger partial charge in [-0.1, -0.05) is 30.3 Å². The average Bonchev–Trinajstić information content (AvgIpc) is 2.49. The third-order valence-electron chi connectivity index (χ3n) is 3.21. The van der Waals surface area contributed by atoms with Crippen molar-refractivity contribution in [1.29, 1.82) is 0 Å². The Labute approximate surface area is 117 Å². The van der Waals surface area contributed by atoms with Gasteiger partial charge in [0.05, 0.1) is 11.0 Å². The van der Waals surface area contributed by atoms with E-state index in [4.69, 9.17) is 0 Å². The van der Waals surface area contributed by atoms with Gasteiger partial charge in [-0.15, -0.1) is 0 Å². The van der Waals surface area contributed by atoms with Crippen LogP contribution in [0.25, 0.3) is 11.0 Å². The molecule has 0 aliphatic heterocycles. The van der Waals surface area contributed by atoms with Crippen LogP contribution in [0, 0.1) is 6.92 Å². The highest BCUT2D eigenvalue weighted by Crippen LogP contribution is 2.25. The fourth-order valence-corrected chi connectivity index (χ4v) is 2.10. The summed E-state index contributed by atoms with van der Waals surface area (Å²) in [5.41, 5.74) is 3.97. The van der Waals surface area contributed by atoms with E-state index >= 15 is 0 Å². The molecule has 0 bridgehead atoms. The smallest absolute Gasteiger partial charge is 0.174 e. The molecule has 2 aromatic carbocycles. The summed E-state index contributed by atoms with van der Waals surface area (Å²) in [7, 11) is 1.85. The number of rotatable bonds is 3. The topological polar surface area (TPSA) is 49.8 Å². The van der Waals surface area contributed by atoms with Crippen molar-refractivity contribution in [3.05, 3.63) is 54.1 Å². The molecule has 0 fully saturated rings. The van der Waals surface area contributed by atoms with Crippen LogP contribution in [0.2, 0.25) is 0 Å². The van der Waals surface area contributed by atoms with Crippen molar-refractivity contribution in [1.82, 2.24) is 9.97 Å². The molecular weight excluding hydrogens is 248 g/mol. The number of aryl methyl sites for hydroxylation is 1. The molecule has 100 valence electrons. The summed E-state index contributed by atoms with van der Waals surface area (Å²) < 4.78 is 0. The Balaban J connectivity index is 2.08. The molecule has 0 aliphatic carbocycles. The van der Waals surface area contributed by atoms with Gasteiger partial charge in [0.25, 0.3) is 0 Å². The molecule has 0 amide bonds. The van der Waals surface area contributed by atoms with Crippen molar-refractivity contribution in [3.8, 4) is 0 Å². The molecule has 2 N–H and O–H groups in total. The molecule has 0 saturated heterocycles. The summed E-state index contributed by atoms with van der Waals surface area (Å²) in [5.74, 6) is 1.48. The Morgan fingerprint density at radius 1 is 0.800 bits per heavy atom. The van der Waals surface area contributed by atoms with E-state index in [-0.39, 0.29) is 0 Å². The Kier molecular flexibility index (Phi) is 3.21. The normalized spacial score (nSPS) is 10.5. The van der Waals surface area contributed by atoms with Crippen LogP contribution in [0.1, 0.15) is 5.56 Å². The first-order valence-electron chi connectivity index (χ1n) is 6.55. The number of hydrogen-bond acceptors (Lipinski definition) is 4. The first-order valence-corrected chi connectivity index (χ1v) is 6.55. The van der Waals surface area contributed by atoms with Gasteiger partial charge >= 0.3 is 0 Å². The number of hydrogen-bond donors (Lipinski definition) is 2. The van der Waals surface area contributed by atoms with Crippen LogP contribution in [-0.4, -0.2) is 17.0 Å². The van der Waals surface area contributed by atoms with E-state index in [9.17, 15) is 0 Å². The fourth-order valence-electron chi connectivity index (χ4n) is 2.10. The van der Waals surface area contributed by atoms with Crippen molar-refractivity contribution < 1.29 is 0 Å². The molecule has 3 rings (SSSR count). The lowest BCUT2D eigenvalue weighted by molar-refractivity contribution is 1.25. The lowest BCUT2D eigenvalue weighted by Crippen LogP contribution is -2.03. The number of aromatic nitrogens is 2. The second kappa shape index (κ2) is 5.17. The van der Waals surface area contributed by atoms with E-state index in [1.165, 1.54) is 5.56 Å². The second-order valence-corrected chi connectivity index (χ2v) is 4.60. The third kappa shape index (κ3) is 2.28. The fraction of sp³-hybridized carbons (Fsp3) is 0.125. The highest BCUT2D eigenvalue weighted by atomic mass is 15.1. The van der Waals surface area contributed by atoms with Crippen LogP contribution in [0.15, 0.2) is 48.5 Å². The van der Waals surface area contributed by atoms with E-state index in [1.807, 2.05) is 49.5 Å². The van der Waals surface area contributed by atoms with Crippen molar-refractivity contribution in [3.63, 3.8) is 0 Å². The van der Waals surface area contributed by atoms with Crippen LogP contribution < -0.4 is 10.6 Å². The van der Waals surface area contributed by atoms with Gasteiger partial charge in [0.2, 0.25) is 0 Å². The van der Waals surface area contributed by atoms with Crippen LogP contribution in [0.3, 0.4) is 0 Å². The van der Waals surface area contributed by atoms with Crippen molar-refractivity contribution >= 4 is 28.4 Å². The standard InChI is InChI=1S/C16H16N4/c1-11-7-3-4-8-12(11)18-16-15(17-2)19-13-9-5-6-10-14(13)20-16/h3-10H,1-2H3,(H,17,19)(H,18,20). The Morgan fingerprint density at radius 2 is 1.40 bits per heavy atom. The van der Waals surface area contributed by atoms with Gasteiger partial charge in [0, 0.05) is 12.7 Å².